The van der Waals surface area contributed by atoms with Crippen molar-refractivity contribution >= 4 is 5.96 Å². The summed E-state index contributed by atoms with van der Waals surface area (Å²) in [6.07, 6.45) is 2.30. The monoisotopic (exact) mass is 347 g/mol. The molecule has 1 aromatic carbocycles. The second-order valence-electron chi connectivity index (χ2n) is 8.01. The predicted octanol–water partition coefficient (Wildman–Crippen LogP) is 3.18. The molecule has 2 saturated heterocycles. The fourth-order valence-corrected chi connectivity index (χ4v) is 3.88. The van der Waals surface area contributed by atoms with Crippen LogP contribution < -0.4 is 5.32 Å². The van der Waals surface area contributed by atoms with Crippen LogP contribution in [0.4, 0.5) is 4.39 Å². The van der Waals surface area contributed by atoms with E-state index in [0.717, 1.165) is 57.2 Å². The van der Waals surface area contributed by atoms with Crippen molar-refractivity contribution in [2.24, 2.45) is 10.4 Å². The van der Waals surface area contributed by atoms with Gasteiger partial charge in [-0.2, -0.15) is 0 Å². The van der Waals surface area contributed by atoms with Gasteiger partial charge in [-0.15, -0.1) is 0 Å². The maximum absolute atomic E-state index is 14.2. The Kier molecular flexibility index (Phi) is 5.32. The first-order chi connectivity index (χ1) is 12.0. The highest BCUT2D eigenvalue weighted by atomic mass is 19.1. The van der Waals surface area contributed by atoms with Gasteiger partial charge in [0.25, 0.3) is 0 Å². The van der Waals surface area contributed by atoms with Crippen molar-refractivity contribution in [2.75, 3.05) is 39.4 Å². The summed E-state index contributed by atoms with van der Waals surface area (Å²) in [4.78, 5) is 7.21. The van der Waals surface area contributed by atoms with Gasteiger partial charge in [-0.1, -0.05) is 32.0 Å². The van der Waals surface area contributed by atoms with Crippen molar-refractivity contribution in [2.45, 2.75) is 39.0 Å². The molecule has 1 atom stereocenters. The maximum Gasteiger partial charge on any atom is 0.193 e. The fraction of sp³-hybridized carbons (Fsp3) is 0.650. The van der Waals surface area contributed by atoms with Gasteiger partial charge in [0.15, 0.2) is 5.96 Å². The lowest BCUT2D eigenvalue weighted by Crippen LogP contribution is -2.42. The predicted molar refractivity (Wildman–Crippen MR) is 99.5 cm³/mol. The van der Waals surface area contributed by atoms with E-state index in [1.165, 1.54) is 6.07 Å². The Hall–Kier alpha value is -1.62. The molecule has 1 unspecified atom stereocenters. The van der Waals surface area contributed by atoms with Gasteiger partial charge in [0.05, 0.1) is 13.2 Å². The minimum atomic E-state index is -0.347. The molecule has 4 nitrogen and oxygen atoms in total. The Morgan fingerprint density at radius 1 is 1.36 bits per heavy atom. The fourth-order valence-electron chi connectivity index (χ4n) is 3.88. The average molecular weight is 347 g/mol. The molecule has 0 radical (unpaired) electrons. The van der Waals surface area contributed by atoms with Crippen LogP contribution in [0.2, 0.25) is 0 Å². The van der Waals surface area contributed by atoms with Crippen molar-refractivity contribution in [3.63, 3.8) is 0 Å². The van der Waals surface area contributed by atoms with Crippen LogP contribution in [-0.4, -0.2) is 50.3 Å². The van der Waals surface area contributed by atoms with E-state index in [4.69, 9.17) is 9.73 Å². The van der Waals surface area contributed by atoms with Crippen LogP contribution in [0.3, 0.4) is 0 Å². The van der Waals surface area contributed by atoms with Gasteiger partial charge < -0.3 is 15.0 Å². The lowest BCUT2D eigenvalue weighted by molar-refractivity contribution is 0.156. The summed E-state index contributed by atoms with van der Waals surface area (Å²) in [5.41, 5.74) is 0.675. The van der Waals surface area contributed by atoms with Gasteiger partial charge in [-0.05, 0) is 31.4 Å². The van der Waals surface area contributed by atoms with Crippen LogP contribution in [-0.2, 0) is 10.2 Å². The quantitative estimate of drug-likeness (QED) is 0.671. The number of hydrogen-bond donors (Lipinski definition) is 1. The highest BCUT2D eigenvalue weighted by molar-refractivity contribution is 5.80. The smallest absolute Gasteiger partial charge is 0.193 e. The van der Waals surface area contributed by atoms with E-state index >= 15 is 0 Å². The summed E-state index contributed by atoms with van der Waals surface area (Å²) in [6, 6.07) is 7.00. The summed E-state index contributed by atoms with van der Waals surface area (Å²) in [6.45, 7) is 11.3. The third kappa shape index (κ3) is 3.97. The van der Waals surface area contributed by atoms with Crippen molar-refractivity contribution in [1.29, 1.82) is 0 Å². The van der Waals surface area contributed by atoms with Crippen LogP contribution in [0.15, 0.2) is 29.3 Å². The van der Waals surface area contributed by atoms with Crippen molar-refractivity contribution in [3.8, 4) is 0 Å². The van der Waals surface area contributed by atoms with Gasteiger partial charge >= 0.3 is 0 Å². The van der Waals surface area contributed by atoms with Gasteiger partial charge in [0.2, 0.25) is 0 Å². The zero-order chi connectivity index (χ0) is 17.9. The first kappa shape index (κ1) is 18.2. The van der Waals surface area contributed by atoms with E-state index < -0.39 is 0 Å². The molecule has 25 heavy (non-hydrogen) atoms. The number of halogens is 1. The Morgan fingerprint density at radius 3 is 2.84 bits per heavy atom. The summed E-state index contributed by atoms with van der Waals surface area (Å²) in [5.74, 6) is 0.784. The molecule has 2 aliphatic rings. The SMILES string of the molecule is CCNC(=NCC(C)(C)c1ccccc1F)N1CCC2(CCOC2)C1. The molecule has 0 aliphatic carbocycles. The molecule has 3 rings (SSSR count). The highest BCUT2D eigenvalue weighted by Crippen LogP contribution is 2.38. The van der Waals surface area contributed by atoms with Gasteiger partial charge in [-0.3, -0.25) is 4.99 Å². The molecule has 0 saturated carbocycles. The largest absolute Gasteiger partial charge is 0.381 e. The third-order valence-electron chi connectivity index (χ3n) is 5.48. The van der Waals surface area contributed by atoms with E-state index in [0.29, 0.717) is 12.0 Å². The molecule has 2 fully saturated rings. The van der Waals surface area contributed by atoms with Crippen LogP contribution in [0.5, 0.6) is 0 Å². The van der Waals surface area contributed by atoms with Crippen LogP contribution in [0.1, 0.15) is 39.2 Å². The standard InChI is InChI=1S/C20H30FN3O/c1-4-22-18(24-11-9-20(14-24)10-12-25-15-20)23-13-19(2,3)16-7-5-6-8-17(16)21/h5-8H,4,9-15H2,1-3H3,(H,22,23). The zero-order valence-corrected chi connectivity index (χ0v) is 15.6. The Bertz CT molecular complexity index is 623. The molecule has 2 heterocycles. The molecule has 1 aromatic rings. The molecular formula is C20H30FN3O. The number of aliphatic imine (C=N–C) groups is 1. The van der Waals surface area contributed by atoms with Crippen LogP contribution in [0, 0.1) is 11.2 Å². The van der Waals surface area contributed by atoms with Crippen molar-refractivity contribution in [3.05, 3.63) is 35.6 Å². The van der Waals surface area contributed by atoms with Crippen LogP contribution in [0.25, 0.3) is 0 Å². The lowest BCUT2D eigenvalue weighted by Gasteiger charge is -2.27. The van der Waals surface area contributed by atoms with Gasteiger partial charge in [0, 0.05) is 37.1 Å². The number of guanidine groups is 1. The molecule has 0 bridgehead atoms. The third-order valence-corrected chi connectivity index (χ3v) is 5.48. The first-order valence-electron chi connectivity index (χ1n) is 9.32. The second-order valence-corrected chi connectivity index (χ2v) is 8.01. The van der Waals surface area contributed by atoms with E-state index in [1.807, 2.05) is 12.1 Å². The average Bonchev–Trinajstić information content (AvgIpc) is 3.22. The van der Waals surface area contributed by atoms with E-state index in [-0.39, 0.29) is 11.2 Å². The zero-order valence-electron chi connectivity index (χ0n) is 15.6. The summed E-state index contributed by atoms with van der Waals surface area (Å²) in [7, 11) is 0. The molecule has 1 N–H and O–H groups in total. The van der Waals surface area contributed by atoms with E-state index in [9.17, 15) is 4.39 Å². The summed E-state index contributed by atoms with van der Waals surface area (Å²) in [5, 5.41) is 3.41. The topological polar surface area (TPSA) is 36.9 Å². The molecule has 5 heteroatoms. The number of nitrogens with one attached hydrogen (secondary N) is 1. The number of likely N-dealkylation sites (tertiary alicyclic amines) is 1. The molecule has 2 aliphatic heterocycles. The normalized spacial score (nSPS) is 24.3. The summed E-state index contributed by atoms with van der Waals surface area (Å²) < 4.78 is 19.8. The van der Waals surface area contributed by atoms with Crippen LogP contribution >= 0.6 is 0 Å². The molecule has 138 valence electrons. The van der Waals surface area contributed by atoms with Gasteiger partial charge in [-0.25, -0.2) is 4.39 Å². The Morgan fingerprint density at radius 2 is 2.16 bits per heavy atom. The molecule has 0 amide bonds. The molecule has 1 spiro atoms. The maximum atomic E-state index is 14.2. The molecular weight excluding hydrogens is 317 g/mol. The van der Waals surface area contributed by atoms with E-state index in [1.54, 1.807) is 6.07 Å². The Balaban J connectivity index is 1.73. The minimum absolute atomic E-state index is 0.157. The number of benzene rings is 1. The van der Waals surface area contributed by atoms with Crippen molar-refractivity contribution < 1.29 is 9.13 Å². The summed E-state index contributed by atoms with van der Waals surface area (Å²) >= 11 is 0. The number of ether oxygens (including phenoxy) is 1. The second kappa shape index (κ2) is 7.32. The number of nitrogens with zero attached hydrogens (tertiary/aromatic N) is 2. The molecule has 0 aromatic heterocycles. The van der Waals surface area contributed by atoms with E-state index in [2.05, 4.69) is 31.0 Å². The van der Waals surface area contributed by atoms with Gasteiger partial charge in [0.1, 0.15) is 5.82 Å². The lowest BCUT2D eigenvalue weighted by atomic mass is 9.84. The first-order valence-corrected chi connectivity index (χ1v) is 9.32. The Labute approximate surface area is 150 Å². The highest BCUT2D eigenvalue weighted by Gasteiger charge is 2.42. The van der Waals surface area contributed by atoms with Crippen molar-refractivity contribution in [1.82, 2.24) is 10.2 Å². The number of rotatable bonds is 4. The minimum Gasteiger partial charge on any atom is -0.381 e. The number of hydrogen-bond acceptors (Lipinski definition) is 2.